The summed E-state index contributed by atoms with van der Waals surface area (Å²) in [6.45, 7) is 7.14. The van der Waals surface area contributed by atoms with Crippen LogP contribution in [0.25, 0.3) is 0 Å². The van der Waals surface area contributed by atoms with Crippen LogP contribution in [0.3, 0.4) is 0 Å². The van der Waals surface area contributed by atoms with Crippen molar-refractivity contribution in [3.05, 3.63) is 0 Å². The third-order valence-electron chi connectivity index (χ3n) is 3.18. The van der Waals surface area contributed by atoms with Gasteiger partial charge in [0.05, 0.1) is 0 Å². The normalized spacial score (nSPS) is 12.0. The molecule has 86 valence electrons. The molecule has 0 unspecified atom stereocenters. The van der Waals surface area contributed by atoms with Gasteiger partial charge in [-0.3, -0.25) is 0 Å². The molecule has 2 heteroatoms. The Balaban J connectivity index is 4.21. The average molecular weight is 370 g/mol. The number of rotatable bonds is 9. The van der Waals surface area contributed by atoms with Crippen molar-refractivity contribution in [1.82, 2.24) is 0 Å². The second kappa shape index (κ2) is 9.50. The molecule has 14 heavy (non-hydrogen) atoms. The molecule has 0 bridgehead atoms. The van der Waals surface area contributed by atoms with Gasteiger partial charge in [0.15, 0.2) is 0 Å². The first-order chi connectivity index (χ1) is 6.74. The molecule has 0 aromatic rings. The monoisotopic (exact) mass is 370 g/mol. The standard InChI is InChI=1S/C3H6Br.3C3H7.Sn/c1-2-3-4;3*1-3-2;/h1-3H2;3*1,3H2,2H3;. The van der Waals surface area contributed by atoms with Gasteiger partial charge in [0, 0.05) is 0 Å². The van der Waals surface area contributed by atoms with Gasteiger partial charge in [-0.15, -0.1) is 0 Å². The molecule has 0 rings (SSSR count). The van der Waals surface area contributed by atoms with Gasteiger partial charge in [0.2, 0.25) is 0 Å². The minimum absolute atomic E-state index is 1.23. The van der Waals surface area contributed by atoms with Crippen LogP contribution in [0.2, 0.25) is 17.7 Å². The van der Waals surface area contributed by atoms with Crippen LogP contribution in [0, 0.1) is 0 Å². The van der Waals surface area contributed by atoms with Crippen LogP contribution in [0.15, 0.2) is 0 Å². The van der Waals surface area contributed by atoms with Crippen molar-refractivity contribution in [3.63, 3.8) is 0 Å². The van der Waals surface area contributed by atoms with Crippen molar-refractivity contribution in [2.45, 2.75) is 64.2 Å². The maximum atomic E-state index is 3.59. The molecule has 0 saturated heterocycles. The van der Waals surface area contributed by atoms with Crippen LogP contribution in [0.4, 0.5) is 0 Å². The Morgan fingerprint density at radius 1 is 0.786 bits per heavy atom. The van der Waals surface area contributed by atoms with Crippen LogP contribution in [0.5, 0.6) is 0 Å². The maximum absolute atomic E-state index is 3.59. The number of alkyl halides is 1. The summed E-state index contributed by atoms with van der Waals surface area (Å²) in [7, 11) is 0. The second-order valence-corrected chi connectivity index (χ2v) is 19.6. The summed E-state index contributed by atoms with van der Waals surface area (Å²) in [6.07, 6.45) is 5.77. The Hall–Kier alpha value is 1.28. The van der Waals surface area contributed by atoms with Gasteiger partial charge in [-0.1, -0.05) is 0 Å². The molecule has 0 amide bonds. The molecule has 0 atom stereocenters. The first kappa shape index (κ1) is 15.3. The predicted octanol–water partition coefficient (Wildman–Crippen LogP) is 5.45. The van der Waals surface area contributed by atoms with E-state index in [-0.39, 0.29) is 0 Å². The van der Waals surface area contributed by atoms with Gasteiger partial charge in [0.1, 0.15) is 0 Å². The van der Waals surface area contributed by atoms with Gasteiger partial charge >= 0.3 is 104 Å². The molecule has 0 spiro atoms. The summed E-state index contributed by atoms with van der Waals surface area (Å²) in [5, 5.41) is 1.23. The van der Waals surface area contributed by atoms with Gasteiger partial charge in [-0.25, -0.2) is 0 Å². The molecule has 0 aliphatic rings. The average Bonchev–Trinajstić information content (AvgIpc) is 2.16. The molecular formula is C12H27BrSn. The zero-order valence-corrected chi connectivity index (χ0v) is 14.7. The van der Waals surface area contributed by atoms with Crippen molar-refractivity contribution in [2.75, 3.05) is 5.33 Å². The van der Waals surface area contributed by atoms with E-state index in [0.29, 0.717) is 0 Å². The van der Waals surface area contributed by atoms with Gasteiger partial charge in [-0.05, 0) is 0 Å². The fraction of sp³-hybridized carbons (Fsp3) is 1.00. The van der Waals surface area contributed by atoms with Crippen LogP contribution < -0.4 is 0 Å². The molecule has 0 aliphatic heterocycles. The van der Waals surface area contributed by atoms with Gasteiger partial charge in [0.25, 0.3) is 0 Å². The Morgan fingerprint density at radius 2 is 1.21 bits per heavy atom. The first-order valence-electron chi connectivity index (χ1n) is 6.30. The van der Waals surface area contributed by atoms with E-state index in [4.69, 9.17) is 0 Å². The topological polar surface area (TPSA) is 0 Å². The first-order valence-corrected chi connectivity index (χ1v) is 15.5. The third-order valence-corrected chi connectivity index (χ3v) is 21.1. The summed E-state index contributed by atoms with van der Waals surface area (Å²) >= 11 is 1.96. The summed E-state index contributed by atoms with van der Waals surface area (Å²) in [5.74, 6) is 0. The molecule has 0 aromatic carbocycles. The molecule has 0 nitrogen and oxygen atoms in total. The Kier molecular flexibility index (Phi) is 10.4. The van der Waals surface area contributed by atoms with Gasteiger partial charge in [-0.2, -0.15) is 0 Å². The quantitative estimate of drug-likeness (QED) is 0.374. The minimum atomic E-state index is -1.62. The zero-order chi connectivity index (χ0) is 10.9. The van der Waals surface area contributed by atoms with Crippen molar-refractivity contribution in [2.24, 2.45) is 0 Å². The van der Waals surface area contributed by atoms with E-state index < -0.39 is 18.4 Å². The zero-order valence-electron chi connectivity index (χ0n) is 10.2. The summed E-state index contributed by atoms with van der Waals surface area (Å²) in [4.78, 5) is 0. The van der Waals surface area contributed by atoms with Crippen LogP contribution in [-0.4, -0.2) is 23.7 Å². The fourth-order valence-corrected chi connectivity index (χ4v) is 20.5. The molecule has 0 radical (unpaired) electrons. The van der Waals surface area contributed by atoms with E-state index in [0.717, 1.165) is 0 Å². The molecule has 0 heterocycles. The van der Waals surface area contributed by atoms with Crippen molar-refractivity contribution >= 4 is 34.3 Å². The van der Waals surface area contributed by atoms with Crippen molar-refractivity contribution in [3.8, 4) is 0 Å². The molecule has 0 aliphatic carbocycles. The summed E-state index contributed by atoms with van der Waals surface area (Å²) in [6, 6.07) is 0. The number of halogens is 1. The number of hydrogen-bond donors (Lipinski definition) is 0. The van der Waals surface area contributed by atoms with Crippen LogP contribution >= 0.6 is 15.9 Å². The molecule has 0 N–H and O–H groups in total. The van der Waals surface area contributed by atoms with Crippen LogP contribution in [0.1, 0.15) is 46.5 Å². The van der Waals surface area contributed by atoms with E-state index in [1.807, 2.05) is 0 Å². The molecule has 0 fully saturated rings. The Morgan fingerprint density at radius 3 is 1.50 bits per heavy atom. The Labute approximate surface area is 103 Å². The van der Waals surface area contributed by atoms with E-state index in [1.165, 1.54) is 31.0 Å². The molecule has 0 aromatic heterocycles. The molecular weight excluding hydrogens is 343 g/mol. The fourth-order valence-electron chi connectivity index (χ4n) is 2.78. The Bertz CT molecular complexity index is 108. The van der Waals surface area contributed by atoms with E-state index in [2.05, 4.69) is 36.7 Å². The van der Waals surface area contributed by atoms with E-state index in [1.54, 1.807) is 17.7 Å². The van der Waals surface area contributed by atoms with Crippen LogP contribution in [-0.2, 0) is 0 Å². The second-order valence-electron chi connectivity index (χ2n) is 4.54. The van der Waals surface area contributed by atoms with Crippen molar-refractivity contribution < 1.29 is 0 Å². The predicted molar refractivity (Wildman–Crippen MR) is 74.3 cm³/mol. The van der Waals surface area contributed by atoms with E-state index in [9.17, 15) is 0 Å². The SMILES string of the molecule is CC[CH2][Sn]([CH2]CC)([CH2]CC)[CH2]CCBr. The molecule has 0 saturated carbocycles. The van der Waals surface area contributed by atoms with Crippen molar-refractivity contribution in [1.29, 1.82) is 0 Å². The third kappa shape index (κ3) is 5.99. The number of hydrogen-bond acceptors (Lipinski definition) is 0. The summed E-state index contributed by atoms with van der Waals surface area (Å²) in [5.41, 5.74) is 0. The summed E-state index contributed by atoms with van der Waals surface area (Å²) < 4.78 is 6.56. The van der Waals surface area contributed by atoms with E-state index >= 15 is 0 Å². The van der Waals surface area contributed by atoms with Gasteiger partial charge < -0.3 is 0 Å².